The highest BCUT2D eigenvalue weighted by atomic mass is 19.4. The van der Waals surface area contributed by atoms with E-state index >= 15 is 0 Å². The van der Waals surface area contributed by atoms with Crippen LogP contribution >= 0.6 is 0 Å². The smallest absolute Gasteiger partial charge is 0.391 e. The maximum atomic E-state index is 12.3. The number of hydrogen-bond acceptors (Lipinski definition) is 3. The molecule has 1 saturated carbocycles. The van der Waals surface area contributed by atoms with E-state index in [1.807, 2.05) is 0 Å². The molecule has 0 amide bonds. The first-order valence-corrected chi connectivity index (χ1v) is 4.02. The highest BCUT2D eigenvalue weighted by Crippen LogP contribution is 2.40. The van der Waals surface area contributed by atoms with E-state index in [1.165, 1.54) is 0 Å². The lowest BCUT2D eigenvalue weighted by Crippen LogP contribution is -2.64. The molecule has 0 aliphatic heterocycles. The molecule has 0 aromatic rings. The monoisotopic (exact) mass is 199 g/mol. The molecular formula is C7H12F3NO2. The maximum Gasteiger partial charge on any atom is 0.418 e. The van der Waals surface area contributed by atoms with E-state index in [9.17, 15) is 18.3 Å². The Morgan fingerprint density at radius 2 is 1.92 bits per heavy atom. The lowest BCUT2D eigenvalue weighted by molar-refractivity contribution is -0.283. The number of hydrogen-bond donors (Lipinski definition) is 3. The van der Waals surface area contributed by atoms with Gasteiger partial charge in [-0.3, -0.25) is 0 Å². The normalized spacial score (nSPS) is 42.0. The van der Waals surface area contributed by atoms with Crippen LogP contribution in [0.25, 0.3) is 0 Å². The molecule has 0 heterocycles. The first-order valence-electron chi connectivity index (χ1n) is 4.02. The zero-order chi connectivity index (χ0) is 10.3. The van der Waals surface area contributed by atoms with Crippen molar-refractivity contribution in [1.29, 1.82) is 0 Å². The number of halogens is 3. The highest BCUT2D eigenvalue weighted by molar-refractivity contribution is 5.02. The Morgan fingerprint density at radius 1 is 1.38 bits per heavy atom. The summed E-state index contributed by atoms with van der Waals surface area (Å²) in [6.45, 7) is 0. The Labute approximate surface area is 73.3 Å². The van der Waals surface area contributed by atoms with E-state index in [0.717, 1.165) is 0 Å². The lowest BCUT2D eigenvalue weighted by Gasteiger charge is -2.41. The van der Waals surface area contributed by atoms with Crippen LogP contribution in [0.3, 0.4) is 0 Å². The summed E-state index contributed by atoms with van der Waals surface area (Å²) in [5.41, 5.74) is 2.20. The lowest BCUT2D eigenvalue weighted by atomic mass is 9.78. The van der Waals surface area contributed by atoms with Crippen LogP contribution in [0.1, 0.15) is 19.3 Å². The third-order valence-electron chi connectivity index (χ3n) is 2.51. The van der Waals surface area contributed by atoms with Gasteiger partial charge in [0.25, 0.3) is 0 Å². The Hall–Kier alpha value is -0.330. The first kappa shape index (κ1) is 10.7. The second-order valence-electron chi connectivity index (χ2n) is 3.41. The molecule has 0 saturated heterocycles. The fourth-order valence-corrected chi connectivity index (χ4v) is 1.58. The Morgan fingerprint density at radius 3 is 2.31 bits per heavy atom. The van der Waals surface area contributed by atoms with Crippen LogP contribution in [0.15, 0.2) is 0 Å². The van der Waals surface area contributed by atoms with E-state index in [2.05, 4.69) is 0 Å². The summed E-state index contributed by atoms with van der Waals surface area (Å²) in [4.78, 5) is 0. The number of nitrogens with two attached hydrogens (primary N) is 1. The molecule has 3 unspecified atom stereocenters. The molecule has 3 atom stereocenters. The van der Waals surface area contributed by atoms with Crippen LogP contribution in [-0.2, 0) is 0 Å². The Kier molecular flexibility index (Phi) is 2.57. The molecule has 1 rings (SSSR count). The quantitative estimate of drug-likeness (QED) is 0.520. The van der Waals surface area contributed by atoms with Crippen molar-refractivity contribution in [2.45, 2.75) is 43.2 Å². The van der Waals surface area contributed by atoms with Crippen molar-refractivity contribution in [3.63, 3.8) is 0 Å². The summed E-state index contributed by atoms with van der Waals surface area (Å²) in [6.07, 6.45) is -6.15. The van der Waals surface area contributed by atoms with Crippen molar-refractivity contribution in [2.75, 3.05) is 0 Å². The second-order valence-corrected chi connectivity index (χ2v) is 3.41. The molecule has 0 bridgehead atoms. The Balaban J connectivity index is 2.88. The average molecular weight is 199 g/mol. The van der Waals surface area contributed by atoms with Crippen molar-refractivity contribution < 1.29 is 23.4 Å². The molecule has 1 aliphatic carbocycles. The SMILES string of the molecule is NC1C(O)CCCC1(O)C(F)(F)F. The molecule has 4 N–H and O–H groups in total. The summed E-state index contributed by atoms with van der Waals surface area (Å²) in [5.74, 6) is 0. The van der Waals surface area contributed by atoms with Crippen molar-refractivity contribution in [3.8, 4) is 0 Å². The molecule has 1 aliphatic rings. The molecule has 0 aromatic carbocycles. The van der Waals surface area contributed by atoms with Crippen LogP contribution in [-0.4, -0.2) is 34.1 Å². The van der Waals surface area contributed by atoms with Gasteiger partial charge < -0.3 is 15.9 Å². The number of aliphatic hydroxyl groups excluding tert-OH is 1. The number of alkyl halides is 3. The zero-order valence-corrected chi connectivity index (χ0v) is 6.88. The summed E-state index contributed by atoms with van der Waals surface area (Å²) in [7, 11) is 0. The van der Waals surface area contributed by atoms with Gasteiger partial charge in [0.15, 0.2) is 5.60 Å². The molecule has 6 heteroatoms. The molecule has 1 fully saturated rings. The summed E-state index contributed by atoms with van der Waals surface area (Å²) < 4.78 is 36.9. The van der Waals surface area contributed by atoms with E-state index < -0.39 is 30.3 Å². The Bertz CT molecular complexity index is 197. The van der Waals surface area contributed by atoms with Crippen molar-refractivity contribution in [1.82, 2.24) is 0 Å². The van der Waals surface area contributed by atoms with Gasteiger partial charge in [-0.15, -0.1) is 0 Å². The third kappa shape index (κ3) is 1.66. The van der Waals surface area contributed by atoms with Crippen molar-refractivity contribution >= 4 is 0 Å². The third-order valence-corrected chi connectivity index (χ3v) is 2.51. The van der Waals surface area contributed by atoms with Gasteiger partial charge in [0.2, 0.25) is 0 Å². The first-order chi connectivity index (χ1) is 5.79. The van der Waals surface area contributed by atoms with E-state index in [0.29, 0.717) is 0 Å². The zero-order valence-electron chi connectivity index (χ0n) is 6.88. The molecule has 13 heavy (non-hydrogen) atoms. The van der Waals surface area contributed by atoms with Gasteiger partial charge >= 0.3 is 6.18 Å². The summed E-state index contributed by atoms with van der Waals surface area (Å²) in [6, 6.07) is -1.64. The van der Waals surface area contributed by atoms with Crippen LogP contribution in [0.5, 0.6) is 0 Å². The predicted molar refractivity (Wildman–Crippen MR) is 38.8 cm³/mol. The molecule has 0 radical (unpaired) electrons. The predicted octanol–water partition coefficient (Wildman–Crippen LogP) is 0.152. The van der Waals surface area contributed by atoms with Crippen molar-refractivity contribution in [2.24, 2.45) is 5.73 Å². The largest absolute Gasteiger partial charge is 0.418 e. The minimum Gasteiger partial charge on any atom is -0.391 e. The number of rotatable bonds is 0. The highest BCUT2D eigenvalue weighted by Gasteiger charge is 2.60. The molecule has 0 spiro atoms. The van der Waals surface area contributed by atoms with Gasteiger partial charge in [-0.2, -0.15) is 13.2 Å². The molecule has 0 aromatic heterocycles. The topological polar surface area (TPSA) is 66.5 Å². The van der Waals surface area contributed by atoms with Gasteiger partial charge in [-0.05, 0) is 19.3 Å². The minimum atomic E-state index is -4.77. The van der Waals surface area contributed by atoms with Gasteiger partial charge in [0, 0.05) is 0 Å². The van der Waals surface area contributed by atoms with E-state index in [1.54, 1.807) is 0 Å². The average Bonchev–Trinajstić information content (AvgIpc) is 1.98. The standard InChI is InChI=1S/C7H12F3NO2/c8-7(9,10)6(13)3-1-2-4(12)5(6)11/h4-5,12-13H,1-3,11H2. The fourth-order valence-electron chi connectivity index (χ4n) is 1.58. The van der Waals surface area contributed by atoms with E-state index in [4.69, 9.17) is 10.8 Å². The van der Waals surface area contributed by atoms with Gasteiger partial charge in [0.05, 0.1) is 12.1 Å². The van der Waals surface area contributed by atoms with Crippen LogP contribution in [0.2, 0.25) is 0 Å². The van der Waals surface area contributed by atoms with Gasteiger partial charge in [-0.1, -0.05) is 0 Å². The van der Waals surface area contributed by atoms with E-state index in [-0.39, 0.29) is 12.8 Å². The van der Waals surface area contributed by atoms with Crippen LogP contribution in [0, 0.1) is 0 Å². The van der Waals surface area contributed by atoms with Crippen LogP contribution < -0.4 is 5.73 Å². The second kappa shape index (κ2) is 3.11. The molecule has 78 valence electrons. The molecule has 3 nitrogen and oxygen atoms in total. The van der Waals surface area contributed by atoms with Gasteiger partial charge in [-0.25, -0.2) is 0 Å². The molecular weight excluding hydrogens is 187 g/mol. The summed E-state index contributed by atoms with van der Waals surface area (Å²) in [5, 5.41) is 18.3. The van der Waals surface area contributed by atoms with Crippen LogP contribution in [0.4, 0.5) is 13.2 Å². The fraction of sp³-hybridized carbons (Fsp3) is 1.00. The number of aliphatic hydroxyl groups is 2. The minimum absolute atomic E-state index is 0.130. The van der Waals surface area contributed by atoms with Gasteiger partial charge in [0.1, 0.15) is 0 Å². The maximum absolute atomic E-state index is 12.3. The summed E-state index contributed by atoms with van der Waals surface area (Å²) >= 11 is 0. The van der Waals surface area contributed by atoms with Crippen molar-refractivity contribution in [3.05, 3.63) is 0 Å².